The smallest absolute Gasteiger partial charge is 0.185 e. The molecule has 0 amide bonds. The SMILES string of the molecule is CC[C@]12CCCN3CCC4C5CC=CCC5N(C(C5NC(C)=C(C(O)N(C)C)O5)C1)C4[C@@]32C. The second-order valence-corrected chi connectivity index (χ2v) is 12.2. The summed E-state index contributed by atoms with van der Waals surface area (Å²) in [6.07, 6.45) is 13.0. The largest absolute Gasteiger partial charge is 0.467 e. The van der Waals surface area contributed by atoms with Crippen molar-refractivity contribution < 1.29 is 9.84 Å². The Labute approximate surface area is 200 Å². The summed E-state index contributed by atoms with van der Waals surface area (Å²) < 4.78 is 6.61. The molecule has 4 fully saturated rings. The van der Waals surface area contributed by atoms with E-state index in [4.69, 9.17) is 4.74 Å². The van der Waals surface area contributed by atoms with Crippen LogP contribution in [-0.2, 0) is 4.74 Å². The zero-order valence-corrected chi connectivity index (χ0v) is 21.3. The summed E-state index contributed by atoms with van der Waals surface area (Å²) in [6.45, 7) is 9.71. The van der Waals surface area contributed by atoms with Crippen LogP contribution in [0.4, 0.5) is 0 Å². The number of piperidine rings is 3. The Kier molecular flexibility index (Phi) is 5.23. The van der Waals surface area contributed by atoms with E-state index in [9.17, 15) is 5.11 Å². The summed E-state index contributed by atoms with van der Waals surface area (Å²) in [6, 6.07) is 1.57. The number of allylic oxidation sites excluding steroid dienone is 2. The Morgan fingerprint density at radius 1 is 1.21 bits per heavy atom. The Hall–Kier alpha value is -1.08. The van der Waals surface area contributed by atoms with Gasteiger partial charge in [-0.05, 0) is 103 Å². The van der Waals surface area contributed by atoms with E-state index >= 15 is 0 Å². The lowest BCUT2D eigenvalue weighted by Gasteiger charge is -2.70. The molecule has 0 bridgehead atoms. The van der Waals surface area contributed by atoms with Gasteiger partial charge in [-0.3, -0.25) is 14.7 Å². The molecule has 6 aliphatic rings. The van der Waals surface area contributed by atoms with E-state index in [2.05, 4.69) is 48.0 Å². The molecule has 0 aromatic rings. The number of nitrogens with one attached hydrogen (secondary N) is 1. The highest BCUT2D eigenvalue weighted by Crippen LogP contribution is 2.64. The minimum absolute atomic E-state index is 0.0785. The van der Waals surface area contributed by atoms with Gasteiger partial charge in [0, 0.05) is 17.6 Å². The predicted octanol–water partition coefficient (Wildman–Crippen LogP) is 3.11. The molecule has 6 nitrogen and oxygen atoms in total. The van der Waals surface area contributed by atoms with Gasteiger partial charge < -0.3 is 15.2 Å². The molecular formula is C27H44N4O2. The van der Waals surface area contributed by atoms with Gasteiger partial charge in [0.2, 0.25) is 0 Å². The fourth-order valence-electron chi connectivity index (χ4n) is 9.36. The van der Waals surface area contributed by atoms with Gasteiger partial charge in [-0.25, -0.2) is 0 Å². The topological polar surface area (TPSA) is 51.2 Å². The molecule has 0 saturated carbocycles. The lowest BCUT2D eigenvalue weighted by atomic mass is 9.51. The van der Waals surface area contributed by atoms with Crippen molar-refractivity contribution in [1.82, 2.24) is 20.0 Å². The highest BCUT2D eigenvalue weighted by atomic mass is 16.5. The third-order valence-electron chi connectivity index (χ3n) is 10.9. The van der Waals surface area contributed by atoms with Crippen molar-refractivity contribution >= 4 is 0 Å². The van der Waals surface area contributed by atoms with Crippen LogP contribution in [0.5, 0.6) is 0 Å². The molecule has 0 aromatic heterocycles. The molecule has 33 heavy (non-hydrogen) atoms. The molecule has 0 radical (unpaired) electrons. The number of aliphatic hydroxyl groups excluding tert-OH is 1. The van der Waals surface area contributed by atoms with Crippen molar-refractivity contribution in [2.75, 3.05) is 27.2 Å². The van der Waals surface area contributed by atoms with Gasteiger partial charge in [-0.15, -0.1) is 0 Å². The van der Waals surface area contributed by atoms with Gasteiger partial charge in [0.15, 0.2) is 18.2 Å². The third kappa shape index (κ3) is 2.87. The molecule has 5 heterocycles. The van der Waals surface area contributed by atoms with Crippen LogP contribution in [0.25, 0.3) is 0 Å². The second kappa shape index (κ2) is 7.71. The van der Waals surface area contributed by atoms with E-state index in [0.717, 1.165) is 17.5 Å². The summed E-state index contributed by atoms with van der Waals surface area (Å²) in [5, 5.41) is 14.5. The van der Waals surface area contributed by atoms with Crippen molar-refractivity contribution in [2.45, 2.75) is 102 Å². The first-order valence-corrected chi connectivity index (χ1v) is 13.5. The van der Waals surface area contributed by atoms with Crippen molar-refractivity contribution in [2.24, 2.45) is 17.3 Å². The number of aliphatic hydroxyl groups is 1. The highest BCUT2D eigenvalue weighted by molar-refractivity contribution is 5.27. The summed E-state index contributed by atoms with van der Waals surface area (Å²) >= 11 is 0. The Morgan fingerprint density at radius 3 is 2.76 bits per heavy atom. The molecule has 7 unspecified atom stereocenters. The van der Waals surface area contributed by atoms with Gasteiger partial charge in [-0.2, -0.15) is 0 Å². The Balaban J connectivity index is 1.41. The summed E-state index contributed by atoms with van der Waals surface area (Å²) in [7, 11) is 3.81. The standard InChI is InChI=1S/C27H44N4O2/c1-6-27-13-9-14-30-15-12-19-18-10-7-8-11-20(18)31(23(19)26(27,30)3)21(16-27)24-28-17(2)22(33-24)25(32)29(4)5/h7-8,18-21,23-25,28,32H,6,9-16H2,1-5H3/t18?,19?,20?,21?,23?,24?,25?,26-,27+/m1/s1. The molecule has 0 spiro atoms. The first kappa shape index (κ1) is 22.4. The minimum atomic E-state index is -0.701. The first-order chi connectivity index (χ1) is 15.8. The molecule has 1 aliphatic carbocycles. The number of nitrogens with zero attached hydrogens (tertiary/aromatic N) is 3. The molecule has 5 aliphatic heterocycles. The van der Waals surface area contributed by atoms with Crippen LogP contribution in [0.2, 0.25) is 0 Å². The maximum absolute atomic E-state index is 10.8. The fraction of sp³-hybridized carbons (Fsp3) is 0.852. The lowest BCUT2D eigenvalue weighted by molar-refractivity contribution is -0.204. The highest BCUT2D eigenvalue weighted by Gasteiger charge is 2.71. The van der Waals surface area contributed by atoms with E-state index in [-0.39, 0.29) is 11.8 Å². The maximum Gasteiger partial charge on any atom is 0.185 e. The van der Waals surface area contributed by atoms with E-state index in [1.54, 1.807) is 0 Å². The molecule has 4 saturated heterocycles. The van der Waals surface area contributed by atoms with Gasteiger partial charge in [0.25, 0.3) is 0 Å². The van der Waals surface area contributed by atoms with Crippen LogP contribution >= 0.6 is 0 Å². The first-order valence-electron chi connectivity index (χ1n) is 13.5. The quantitative estimate of drug-likeness (QED) is 0.501. The predicted molar refractivity (Wildman–Crippen MR) is 130 cm³/mol. The van der Waals surface area contributed by atoms with Gasteiger partial charge in [0.05, 0.1) is 11.7 Å². The van der Waals surface area contributed by atoms with Crippen LogP contribution in [-0.4, -0.2) is 83.1 Å². The van der Waals surface area contributed by atoms with Crippen LogP contribution in [0.1, 0.15) is 65.7 Å². The van der Waals surface area contributed by atoms with Crippen LogP contribution in [0.3, 0.4) is 0 Å². The number of ether oxygens (including phenoxy) is 1. The Morgan fingerprint density at radius 2 is 2.00 bits per heavy atom. The van der Waals surface area contributed by atoms with Gasteiger partial charge in [-0.1, -0.05) is 19.1 Å². The zero-order chi connectivity index (χ0) is 23.1. The normalized spacial score (nSPS) is 47.8. The van der Waals surface area contributed by atoms with E-state index in [1.165, 1.54) is 58.0 Å². The van der Waals surface area contributed by atoms with Crippen molar-refractivity contribution in [1.29, 1.82) is 0 Å². The molecule has 184 valence electrons. The van der Waals surface area contributed by atoms with E-state index in [1.807, 2.05) is 19.0 Å². The lowest BCUT2D eigenvalue weighted by Crippen LogP contribution is -2.79. The maximum atomic E-state index is 10.8. The average molecular weight is 457 g/mol. The monoisotopic (exact) mass is 456 g/mol. The van der Waals surface area contributed by atoms with Crippen molar-refractivity contribution in [3.63, 3.8) is 0 Å². The number of rotatable bonds is 4. The second-order valence-electron chi connectivity index (χ2n) is 12.2. The van der Waals surface area contributed by atoms with Gasteiger partial charge in [0.1, 0.15) is 0 Å². The fourth-order valence-corrected chi connectivity index (χ4v) is 9.36. The number of fused-ring (bicyclic) bond motifs is 3. The number of hydrogen-bond donors (Lipinski definition) is 2. The van der Waals surface area contributed by atoms with E-state index in [0.29, 0.717) is 29.3 Å². The molecule has 6 rings (SSSR count). The van der Waals surface area contributed by atoms with Crippen LogP contribution in [0.15, 0.2) is 23.6 Å². The number of likely N-dealkylation sites (N-methyl/N-ethyl adjacent to an activating group) is 1. The van der Waals surface area contributed by atoms with Crippen molar-refractivity contribution in [3.8, 4) is 0 Å². The van der Waals surface area contributed by atoms with E-state index < -0.39 is 6.23 Å². The summed E-state index contributed by atoms with van der Waals surface area (Å²) in [5.74, 6) is 2.27. The molecular weight excluding hydrogens is 412 g/mol. The third-order valence-corrected chi connectivity index (χ3v) is 10.9. The molecule has 2 N–H and O–H groups in total. The molecule has 6 heteroatoms. The average Bonchev–Trinajstić information content (AvgIpc) is 3.36. The summed E-state index contributed by atoms with van der Waals surface area (Å²) in [5.41, 5.74) is 1.58. The van der Waals surface area contributed by atoms with Crippen LogP contribution < -0.4 is 5.32 Å². The number of hydrogen-bond acceptors (Lipinski definition) is 6. The summed E-state index contributed by atoms with van der Waals surface area (Å²) in [4.78, 5) is 7.69. The van der Waals surface area contributed by atoms with Gasteiger partial charge >= 0.3 is 0 Å². The minimum Gasteiger partial charge on any atom is -0.467 e. The zero-order valence-electron chi connectivity index (χ0n) is 21.3. The molecule has 9 atom stereocenters. The van der Waals surface area contributed by atoms with Crippen LogP contribution in [0, 0.1) is 17.3 Å². The Bertz CT molecular complexity index is 857. The molecule has 0 aromatic carbocycles. The van der Waals surface area contributed by atoms with Crippen molar-refractivity contribution in [3.05, 3.63) is 23.6 Å².